The quantitative estimate of drug-likeness (QED) is 0.264. The van der Waals surface area contributed by atoms with E-state index < -0.39 is 10.8 Å². The number of methoxy groups -OCH3 is 1. The Morgan fingerprint density at radius 1 is 1.19 bits per heavy atom. The van der Waals surface area contributed by atoms with Crippen LogP contribution < -0.4 is 15.4 Å². The fourth-order valence-corrected chi connectivity index (χ4v) is 3.11. The topological polar surface area (TPSA) is 132 Å². The maximum atomic E-state index is 12.4. The van der Waals surface area contributed by atoms with E-state index in [0.717, 1.165) is 11.6 Å². The van der Waals surface area contributed by atoms with Crippen molar-refractivity contribution in [3.63, 3.8) is 0 Å². The minimum atomic E-state index is -0.624. The van der Waals surface area contributed by atoms with Crippen molar-refractivity contribution in [2.45, 2.75) is 0 Å². The number of carbonyl (C=O) groups is 1. The first kappa shape index (κ1) is 20.9. The Kier molecular flexibility index (Phi) is 5.73. The summed E-state index contributed by atoms with van der Waals surface area (Å²) < 4.78 is 10.6. The molecule has 2 aromatic heterocycles. The number of nitrogens with zero attached hydrogens (tertiary/aromatic N) is 3. The fourth-order valence-electron chi connectivity index (χ4n) is 2.90. The Bertz CT molecular complexity index is 1300. The lowest BCUT2D eigenvalue weighted by molar-refractivity contribution is -0.385. The average molecular weight is 449 g/mol. The van der Waals surface area contributed by atoms with E-state index in [1.165, 1.54) is 19.2 Å². The molecule has 0 atom stereocenters. The number of nitrogens with one attached hydrogen (secondary N) is 2. The first-order chi connectivity index (χ1) is 15.4. The van der Waals surface area contributed by atoms with Crippen LogP contribution in [0.25, 0.3) is 22.7 Å². The highest BCUT2D eigenvalue weighted by molar-refractivity contribution is 7.80. The number of nitro benzene ring substituents is 1. The largest absolute Gasteiger partial charge is 0.490 e. The van der Waals surface area contributed by atoms with Crippen molar-refractivity contribution >= 4 is 45.8 Å². The van der Waals surface area contributed by atoms with Crippen LogP contribution in [0.4, 0.5) is 11.4 Å². The molecule has 0 spiro atoms. The van der Waals surface area contributed by atoms with Gasteiger partial charge in [-0.05, 0) is 60.7 Å². The molecule has 0 radical (unpaired) electrons. The van der Waals surface area contributed by atoms with Crippen molar-refractivity contribution < 1.29 is 18.9 Å². The molecule has 0 saturated heterocycles. The molecule has 2 aromatic carbocycles. The Labute approximate surface area is 186 Å². The number of aromatic nitrogens is 2. The summed E-state index contributed by atoms with van der Waals surface area (Å²) in [7, 11) is 1.31. The van der Waals surface area contributed by atoms with E-state index >= 15 is 0 Å². The van der Waals surface area contributed by atoms with Crippen molar-refractivity contribution in [3.8, 4) is 17.2 Å². The first-order valence-corrected chi connectivity index (χ1v) is 9.62. The van der Waals surface area contributed by atoms with Crippen LogP contribution >= 0.6 is 12.2 Å². The smallest absolute Gasteiger partial charge is 0.311 e. The van der Waals surface area contributed by atoms with E-state index in [4.69, 9.17) is 21.4 Å². The fraction of sp³-hybridized carbons (Fsp3) is 0.0476. The van der Waals surface area contributed by atoms with Crippen molar-refractivity contribution in [2.24, 2.45) is 0 Å². The summed E-state index contributed by atoms with van der Waals surface area (Å²) in [6.45, 7) is 0. The third-order valence-corrected chi connectivity index (χ3v) is 4.62. The number of amides is 1. The van der Waals surface area contributed by atoms with Crippen LogP contribution in [-0.2, 0) is 0 Å². The van der Waals surface area contributed by atoms with Crippen molar-refractivity contribution in [1.29, 1.82) is 0 Å². The monoisotopic (exact) mass is 449 g/mol. The van der Waals surface area contributed by atoms with Crippen LogP contribution in [0, 0.1) is 10.1 Å². The summed E-state index contributed by atoms with van der Waals surface area (Å²) in [5.41, 5.74) is 2.23. The maximum absolute atomic E-state index is 12.4. The molecule has 0 fully saturated rings. The van der Waals surface area contributed by atoms with E-state index in [2.05, 4.69) is 20.6 Å². The summed E-state index contributed by atoms with van der Waals surface area (Å²) in [5, 5.41) is 16.6. The second-order valence-corrected chi connectivity index (χ2v) is 6.88. The van der Waals surface area contributed by atoms with Crippen LogP contribution in [0.1, 0.15) is 10.4 Å². The zero-order valence-corrected chi connectivity index (χ0v) is 17.4. The highest BCUT2D eigenvalue weighted by Gasteiger charge is 2.18. The summed E-state index contributed by atoms with van der Waals surface area (Å²) >= 11 is 5.17. The maximum Gasteiger partial charge on any atom is 0.311 e. The number of hydrogen-bond donors (Lipinski definition) is 2. The van der Waals surface area contributed by atoms with Gasteiger partial charge in [0, 0.05) is 29.1 Å². The number of pyridine rings is 1. The summed E-state index contributed by atoms with van der Waals surface area (Å²) in [5.74, 6) is -0.104. The predicted molar refractivity (Wildman–Crippen MR) is 121 cm³/mol. The minimum Gasteiger partial charge on any atom is -0.490 e. The van der Waals surface area contributed by atoms with Crippen LogP contribution in [0.15, 0.2) is 65.2 Å². The van der Waals surface area contributed by atoms with Gasteiger partial charge in [0.15, 0.2) is 22.1 Å². The predicted octanol–water partition coefficient (Wildman–Crippen LogP) is 3.93. The van der Waals surface area contributed by atoms with E-state index in [1.807, 2.05) is 0 Å². The number of ether oxygens (including phenoxy) is 1. The van der Waals surface area contributed by atoms with Gasteiger partial charge in [0.25, 0.3) is 5.91 Å². The van der Waals surface area contributed by atoms with E-state index in [1.54, 1.807) is 42.6 Å². The second-order valence-electron chi connectivity index (χ2n) is 6.47. The number of thiocarbonyl (C=S) groups is 1. The number of nitro groups is 1. The molecule has 10 nitrogen and oxygen atoms in total. The first-order valence-electron chi connectivity index (χ1n) is 9.21. The normalized spacial score (nSPS) is 10.5. The number of rotatable bonds is 5. The van der Waals surface area contributed by atoms with E-state index in [-0.39, 0.29) is 22.1 Å². The molecular weight excluding hydrogens is 434 g/mol. The van der Waals surface area contributed by atoms with Crippen LogP contribution in [0.5, 0.6) is 5.75 Å². The molecule has 0 aliphatic heterocycles. The lowest BCUT2D eigenvalue weighted by Gasteiger charge is -2.10. The molecule has 2 heterocycles. The van der Waals surface area contributed by atoms with Gasteiger partial charge in [-0.15, -0.1) is 0 Å². The molecule has 0 unspecified atom stereocenters. The molecule has 1 amide bonds. The molecule has 4 aromatic rings. The standard InChI is InChI=1S/C21H15N5O5S/c1-30-16-9-6-13(11-15(16)26(28)29)19(27)25-21(32)23-14-7-4-12(5-8-14)20-24-18-17(31-20)3-2-10-22-18/h2-11H,1H3,(H2,23,25,27,32). The highest BCUT2D eigenvalue weighted by atomic mass is 32.1. The molecule has 11 heteroatoms. The Balaban J connectivity index is 1.42. The molecule has 2 N–H and O–H groups in total. The molecule has 0 aliphatic rings. The molecule has 0 aliphatic carbocycles. The number of hydrogen-bond acceptors (Lipinski definition) is 8. The third-order valence-electron chi connectivity index (χ3n) is 4.42. The second kappa shape index (κ2) is 8.78. The Morgan fingerprint density at radius 2 is 1.97 bits per heavy atom. The molecule has 0 bridgehead atoms. The third kappa shape index (κ3) is 4.37. The van der Waals surface area contributed by atoms with Gasteiger partial charge in [-0.3, -0.25) is 20.2 Å². The Hall–Kier alpha value is -4.38. The number of oxazole rings is 1. The van der Waals surface area contributed by atoms with Crippen molar-refractivity contribution in [1.82, 2.24) is 15.3 Å². The van der Waals surface area contributed by atoms with Gasteiger partial charge in [-0.1, -0.05) is 0 Å². The van der Waals surface area contributed by atoms with E-state index in [9.17, 15) is 14.9 Å². The van der Waals surface area contributed by atoms with Crippen LogP contribution in [-0.4, -0.2) is 33.0 Å². The van der Waals surface area contributed by atoms with Crippen molar-refractivity contribution in [2.75, 3.05) is 12.4 Å². The van der Waals surface area contributed by atoms with Crippen LogP contribution in [0.3, 0.4) is 0 Å². The van der Waals surface area contributed by atoms with Gasteiger partial charge in [0.05, 0.1) is 12.0 Å². The van der Waals surface area contributed by atoms with Crippen molar-refractivity contribution in [3.05, 3.63) is 76.5 Å². The number of anilines is 1. The number of fused-ring (bicyclic) bond motifs is 1. The highest BCUT2D eigenvalue weighted by Crippen LogP contribution is 2.27. The molecule has 0 saturated carbocycles. The lowest BCUT2D eigenvalue weighted by Crippen LogP contribution is -2.34. The van der Waals surface area contributed by atoms with Gasteiger partial charge >= 0.3 is 5.69 Å². The summed E-state index contributed by atoms with van der Waals surface area (Å²) in [4.78, 5) is 31.4. The number of benzene rings is 2. The SMILES string of the molecule is COc1ccc(C(=O)NC(=S)Nc2ccc(-c3nc4ncccc4o3)cc2)cc1[N+](=O)[O-]. The molecule has 4 rings (SSSR count). The minimum absolute atomic E-state index is 0.0345. The Morgan fingerprint density at radius 3 is 2.66 bits per heavy atom. The summed E-state index contributed by atoms with van der Waals surface area (Å²) in [6, 6.07) is 14.5. The molecule has 160 valence electrons. The van der Waals surface area contributed by atoms with Gasteiger partial charge in [0.1, 0.15) is 0 Å². The van der Waals surface area contributed by atoms with Gasteiger partial charge < -0.3 is 14.5 Å². The zero-order chi connectivity index (χ0) is 22.7. The number of carbonyl (C=O) groups excluding carboxylic acids is 1. The average Bonchev–Trinajstić information content (AvgIpc) is 3.23. The van der Waals surface area contributed by atoms with Gasteiger partial charge in [-0.2, -0.15) is 4.98 Å². The van der Waals surface area contributed by atoms with Crippen LogP contribution in [0.2, 0.25) is 0 Å². The van der Waals surface area contributed by atoms with Gasteiger partial charge in [-0.25, -0.2) is 4.98 Å². The molecule has 32 heavy (non-hydrogen) atoms. The molecular formula is C21H15N5O5S. The summed E-state index contributed by atoms with van der Waals surface area (Å²) in [6.07, 6.45) is 1.64. The van der Waals surface area contributed by atoms with E-state index in [0.29, 0.717) is 22.8 Å². The lowest BCUT2D eigenvalue weighted by atomic mass is 10.1. The zero-order valence-electron chi connectivity index (χ0n) is 16.6. The van der Waals surface area contributed by atoms with Gasteiger partial charge in [0.2, 0.25) is 5.89 Å².